The van der Waals surface area contributed by atoms with E-state index < -0.39 is 0 Å². The van der Waals surface area contributed by atoms with E-state index in [2.05, 4.69) is 11.1 Å². The summed E-state index contributed by atoms with van der Waals surface area (Å²) in [7, 11) is 0. The summed E-state index contributed by atoms with van der Waals surface area (Å²) in [4.78, 5) is 3.27. The number of nitrogens with one attached hydrogen (secondary N) is 1. The second kappa shape index (κ2) is 4.41. The zero-order valence-corrected chi connectivity index (χ0v) is 10.7. The first kappa shape index (κ1) is 12.0. The van der Waals surface area contributed by atoms with E-state index in [1.54, 1.807) is 0 Å². The molecule has 2 rings (SSSR count). The molecule has 0 bridgehead atoms. The van der Waals surface area contributed by atoms with Gasteiger partial charge in [-0.25, -0.2) is 0 Å². The van der Waals surface area contributed by atoms with Crippen molar-refractivity contribution in [1.82, 2.24) is 4.98 Å². The van der Waals surface area contributed by atoms with Gasteiger partial charge < -0.3 is 15.5 Å². The molecule has 0 amide bonds. The van der Waals surface area contributed by atoms with Crippen LogP contribution in [0.25, 0.3) is 10.9 Å². The van der Waals surface area contributed by atoms with Crippen molar-refractivity contribution in [2.45, 2.75) is 32.7 Å². The Balaban J connectivity index is 2.39. The first-order valence-corrected chi connectivity index (χ1v) is 6.01. The SMILES string of the molecule is CCOc1ccc2[nH]cc(CC(C)(C)N)c2c1. The molecule has 1 aromatic heterocycles. The van der Waals surface area contributed by atoms with E-state index in [0.717, 1.165) is 17.7 Å². The molecule has 2 aromatic rings. The van der Waals surface area contributed by atoms with Gasteiger partial charge in [0.05, 0.1) is 6.61 Å². The predicted molar refractivity (Wildman–Crippen MR) is 71.4 cm³/mol. The van der Waals surface area contributed by atoms with Crippen molar-refractivity contribution < 1.29 is 4.74 Å². The maximum atomic E-state index is 6.07. The van der Waals surface area contributed by atoms with E-state index in [0.29, 0.717) is 6.61 Å². The summed E-state index contributed by atoms with van der Waals surface area (Å²) in [5.74, 6) is 0.913. The summed E-state index contributed by atoms with van der Waals surface area (Å²) < 4.78 is 5.52. The van der Waals surface area contributed by atoms with Gasteiger partial charge in [0.25, 0.3) is 0 Å². The van der Waals surface area contributed by atoms with Crippen molar-refractivity contribution in [3.05, 3.63) is 30.0 Å². The number of fused-ring (bicyclic) bond motifs is 1. The molecule has 0 aliphatic rings. The topological polar surface area (TPSA) is 51.0 Å². The second-order valence-corrected chi connectivity index (χ2v) is 5.12. The zero-order chi connectivity index (χ0) is 12.5. The van der Waals surface area contributed by atoms with Crippen LogP contribution in [0.15, 0.2) is 24.4 Å². The average Bonchev–Trinajstić information content (AvgIpc) is 2.60. The molecule has 3 heteroatoms. The highest BCUT2D eigenvalue weighted by atomic mass is 16.5. The number of H-pyrrole nitrogens is 1. The maximum absolute atomic E-state index is 6.07. The Morgan fingerprint density at radius 3 is 2.76 bits per heavy atom. The molecule has 0 spiro atoms. The number of nitrogens with two attached hydrogens (primary N) is 1. The number of rotatable bonds is 4. The number of ether oxygens (including phenoxy) is 1. The minimum atomic E-state index is -0.198. The van der Waals surface area contributed by atoms with Crippen molar-refractivity contribution in [2.24, 2.45) is 5.73 Å². The van der Waals surface area contributed by atoms with E-state index in [1.807, 2.05) is 39.1 Å². The lowest BCUT2D eigenvalue weighted by Gasteiger charge is -2.17. The Morgan fingerprint density at radius 1 is 1.35 bits per heavy atom. The monoisotopic (exact) mass is 232 g/mol. The molecule has 0 saturated carbocycles. The minimum Gasteiger partial charge on any atom is -0.494 e. The molecular weight excluding hydrogens is 212 g/mol. The van der Waals surface area contributed by atoms with Gasteiger partial charge in [0, 0.05) is 22.6 Å². The Morgan fingerprint density at radius 2 is 2.12 bits per heavy atom. The minimum absolute atomic E-state index is 0.198. The Kier molecular flexibility index (Phi) is 3.11. The van der Waals surface area contributed by atoms with Gasteiger partial charge in [-0.3, -0.25) is 0 Å². The molecule has 17 heavy (non-hydrogen) atoms. The first-order chi connectivity index (χ1) is 7.99. The maximum Gasteiger partial charge on any atom is 0.120 e. The Hall–Kier alpha value is -1.48. The third kappa shape index (κ3) is 2.80. The number of aromatic nitrogens is 1. The zero-order valence-electron chi connectivity index (χ0n) is 10.7. The molecule has 1 aromatic carbocycles. The fourth-order valence-corrected chi connectivity index (χ4v) is 2.05. The van der Waals surface area contributed by atoms with Crippen LogP contribution in [-0.4, -0.2) is 17.1 Å². The van der Waals surface area contributed by atoms with Crippen LogP contribution >= 0.6 is 0 Å². The lowest BCUT2D eigenvalue weighted by molar-refractivity contribution is 0.340. The molecule has 3 nitrogen and oxygen atoms in total. The number of benzene rings is 1. The molecule has 92 valence electrons. The molecule has 0 saturated heterocycles. The summed E-state index contributed by atoms with van der Waals surface area (Å²) in [5.41, 5.74) is 8.25. The third-order valence-corrected chi connectivity index (χ3v) is 2.70. The molecule has 0 atom stereocenters. The van der Waals surface area contributed by atoms with Gasteiger partial charge in [-0.1, -0.05) is 0 Å². The largest absolute Gasteiger partial charge is 0.494 e. The smallest absolute Gasteiger partial charge is 0.120 e. The molecular formula is C14H20N2O. The summed E-state index contributed by atoms with van der Waals surface area (Å²) in [6, 6.07) is 6.11. The predicted octanol–water partition coefficient (Wildman–Crippen LogP) is 2.85. The normalized spacial score (nSPS) is 12.0. The quantitative estimate of drug-likeness (QED) is 0.851. The van der Waals surface area contributed by atoms with Gasteiger partial charge in [0.15, 0.2) is 0 Å². The summed E-state index contributed by atoms with van der Waals surface area (Å²) in [6.45, 7) is 6.76. The van der Waals surface area contributed by atoms with Gasteiger partial charge in [-0.05, 0) is 51.0 Å². The van der Waals surface area contributed by atoms with Gasteiger partial charge in [-0.2, -0.15) is 0 Å². The van der Waals surface area contributed by atoms with Crippen LogP contribution < -0.4 is 10.5 Å². The number of aromatic amines is 1. The highest BCUT2D eigenvalue weighted by molar-refractivity contribution is 5.84. The highest BCUT2D eigenvalue weighted by Crippen LogP contribution is 2.25. The van der Waals surface area contributed by atoms with Crippen LogP contribution in [0.4, 0.5) is 0 Å². The highest BCUT2D eigenvalue weighted by Gasteiger charge is 2.15. The van der Waals surface area contributed by atoms with Gasteiger partial charge in [0.1, 0.15) is 5.75 Å². The summed E-state index contributed by atoms with van der Waals surface area (Å²) >= 11 is 0. The molecule has 0 fully saturated rings. The van der Waals surface area contributed by atoms with Crippen molar-refractivity contribution in [2.75, 3.05) is 6.61 Å². The van der Waals surface area contributed by atoms with Crippen molar-refractivity contribution in [1.29, 1.82) is 0 Å². The molecule has 0 radical (unpaired) electrons. The van der Waals surface area contributed by atoms with Crippen LogP contribution in [0.5, 0.6) is 5.75 Å². The lowest BCUT2D eigenvalue weighted by Crippen LogP contribution is -2.34. The van der Waals surface area contributed by atoms with E-state index in [-0.39, 0.29) is 5.54 Å². The van der Waals surface area contributed by atoms with Crippen LogP contribution in [0.2, 0.25) is 0 Å². The Bertz CT molecular complexity index is 508. The van der Waals surface area contributed by atoms with Crippen molar-refractivity contribution >= 4 is 10.9 Å². The summed E-state index contributed by atoms with van der Waals surface area (Å²) in [6.07, 6.45) is 2.89. The summed E-state index contributed by atoms with van der Waals surface area (Å²) in [5, 5.41) is 1.20. The Labute approximate surface area is 102 Å². The van der Waals surface area contributed by atoms with Crippen molar-refractivity contribution in [3.8, 4) is 5.75 Å². The fraction of sp³-hybridized carbons (Fsp3) is 0.429. The van der Waals surface area contributed by atoms with E-state index in [4.69, 9.17) is 10.5 Å². The first-order valence-electron chi connectivity index (χ1n) is 6.01. The van der Waals surface area contributed by atoms with Gasteiger partial charge in [-0.15, -0.1) is 0 Å². The second-order valence-electron chi connectivity index (χ2n) is 5.12. The fourth-order valence-electron chi connectivity index (χ4n) is 2.05. The number of hydrogen-bond acceptors (Lipinski definition) is 2. The standard InChI is InChI=1S/C14H20N2O/c1-4-17-11-5-6-13-12(7-11)10(9-16-13)8-14(2,3)15/h5-7,9,16H,4,8,15H2,1-3H3. The van der Waals surface area contributed by atoms with Crippen molar-refractivity contribution in [3.63, 3.8) is 0 Å². The van der Waals surface area contributed by atoms with E-state index in [9.17, 15) is 0 Å². The number of hydrogen-bond donors (Lipinski definition) is 2. The van der Waals surface area contributed by atoms with Crippen LogP contribution in [0.1, 0.15) is 26.3 Å². The molecule has 3 N–H and O–H groups in total. The molecule has 0 aliphatic carbocycles. The van der Waals surface area contributed by atoms with Gasteiger partial charge in [0.2, 0.25) is 0 Å². The lowest BCUT2D eigenvalue weighted by atomic mass is 9.96. The van der Waals surface area contributed by atoms with Crippen LogP contribution in [-0.2, 0) is 6.42 Å². The molecule has 1 heterocycles. The molecule has 0 aliphatic heterocycles. The van der Waals surface area contributed by atoms with Crippen LogP contribution in [0, 0.1) is 0 Å². The molecule has 0 unspecified atom stereocenters. The third-order valence-electron chi connectivity index (χ3n) is 2.70. The van der Waals surface area contributed by atoms with Crippen LogP contribution in [0.3, 0.4) is 0 Å². The van der Waals surface area contributed by atoms with Gasteiger partial charge >= 0.3 is 0 Å². The van der Waals surface area contributed by atoms with E-state index in [1.165, 1.54) is 10.9 Å². The average molecular weight is 232 g/mol. The van der Waals surface area contributed by atoms with E-state index >= 15 is 0 Å².